The van der Waals surface area contributed by atoms with Gasteiger partial charge in [-0.2, -0.15) is 0 Å². The SMILES string of the molecule is COC1=CC(OC)CC(OC)=C1C(=O)/C=C/c1ccc(OC)c(OC)c1. The van der Waals surface area contributed by atoms with Crippen LogP contribution < -0.4 is 9.47 Å². The molecule has 1 aliphatic rings. The molecule has 0 radical (unpaired) electrons. The number of methoxy groups -OCH3 is 5. The average molecular weight is 360 g/mol. The maximum atomic E-state index is 12.7. The topological polar surface area (TPSA) is 63.2 Å². The van der Waals surface area contributed by atoms with Crippen molar-refractivity contribution in [2.75, 3.05) is 35.5 Å². The van der Waals surface area contributed by atoms with Crippen LogP contribution in [0, 0.1) is 0 Å². The molecular formula is C20H24O6. The summed E-state index contributed by atoms with van der Waals surface area (Å²) >= 11 is 0. The van der Waals surface area contributed by atoms with E-state index in [0.29, 0.717) is 35.0 Å². The molecule has 1 unspecified atom stereocenters. The molecule has 0 fully saturated rings. The predicted octanol–water partition coefficient (Wildman–Crippen LogP) is 3.14. The van der Waals surface area contributed by atoms with Gasteiger partial charge in [-0.05, 0) is 29.8 Å². The van der Waals surface area contributed by atoms with Gasteiger partial charge in [0.2, 0.25) is 0 Å². The normalized spacial score (nSPS) is 17.1. The first-order chi connectivity index (χ1) is 12.6. The summed E-state index contributed by atoms with van der Waals surface area (Å²) in [5, 5.41) is 0. The molecule has 26 heavy (non-hydrogen) atoms. The highest BCUT2D eigenvalue weighted by Gasteiger charge is 2.27. The summed E-state index contributed by atoms with van der Waals surface area (Å²) in [6, 6.07) is 5.42. The number of hydrogen-bond donors (Lipinski definition) is 0. The van der Waals surface area contributed by atoms with E-state index in [-0.39, 0.29) is 11.9 Å². The Morgan fingerprint density at radius 2 is 1.73 bits per heavy atom. The van der Waals surface area contributed by atoms with Crippen molar-refractivity contribution in [3.63, 3.8) is 0 Å². The predicted molar refractivity (Wildman–Crippen MR) is 98.1 cm³/mol. The van der Waals surface area contributed by atoms with E-state index >= 15 is 0 Å². The van der Waals surface area contributed by atoms with Crippen LogP contribution in [-0.4, -0.2) is 47.4 Å². The fraction of sp³-hybridized carbons (Fsp3) is 0.350. The second kappa shape index (κ2) is 9.10. The maximum absolute atomic E-state index is 12.7. The zero-order chi connectivity index (χ0) is 19.1. The molecule has 0 N–H and O–H groups in total. The summed E-state index contributed by atoms with van der Waals surface area (Å²) in [7, 11) is 7.79. The van der Waals surface area contributed by atoms with E-state index < -0.39 is 0 Å². The molecule has 0 saturated heterocycles. The summed E-state index contributed by atoms with van der Waals surface area (Å²) in [6.07, 6.45) is 5.26. The molecule has 0 heterocycles. The van der Waals surface area contributed by atoms with Crippen LogP contribution in [0.15, 0.2) is 47.4 Å². The molecule has 1 aromatic rings. The summed E-state index contributed by atoms with van der Waals surface area (Å²) in [5.74, 6) is 2.00. The largest absolute Gasteiger partial charge is 0.500 e. The van der Waals surface area contributed by atoms with Crippen LogP contribution in [0.4, 0.5) is 0 Å². The third-order valence-electron chi connectivity index (χ3n) is 4.10. The minimum Gasteiger partial charge on any atom is -0.500 e. The molecular weight excluding hydrogens is 336 g/mol. The molecule has 0 bridgehead atoms. The molecule has 0 aliphatic heterocycles. The van der Waals surface area contributed by atoms with Crippen molar-refractivity contribution < 1.29 is 28.5 Å². The van der Waals surface area contributed by atoms with Crippen molar-refractivity contribution in [2.45, 2.75) is 12.5 Å². The van der Waals surface area contributed by atoms with Gasteiger partial charge in [0.15, 0.2) is 17.3 Å². The highest BCUT2D eigenvalue weighted by molar-refractivity contribution is 6.09. The lowest BCUT2D eigenvalue weighted by Crippen LogP contribution is -2.21. The number of ketones is 1. The maximum Gasteiger partial charge on any atom is 0.192 e. The van der Waals surface area contributed by atoms with Crippen molar-refractivity contribution in [3.05, 3.63) is 53.0 Å². The lowest BCUT2D eigenvalue weighted by molar-refractivity contribution is -0.111. The Morgan fingerprint density at radius 1 is 1.00 bits per heavy atom. The Labute approximate surface area is 153 Å². The summed E-state index contributed by atoms with van der Waals surface area (Å²) in [5.41, 5.74) is 1.21. The van der Waals surface area contributed by atoms with E-state index in [0.717, 1.165) is 5.56 Å². The first-order valence-electron chi connectivity index (χ1n) is 8.08. The molecule has 0 aromatic heterocycles. The second-order valence-corrected chi connectivity index (χ2v) is 5.53. The van der Waals surface area contributed by atoms with Gasteiger partial charge in [-0.3, -0.25) is 4.79 Å². The number of ether oxygens (including phenoxy) is 5. The third kappa shape index (κ3) is 4.26. The quantitative estimate of drug-likeness (QED) is 0.664. The standard InChI is InChI=1S/C20H24O6/c1-22-14-11-18(25-4)20(19(12-14)26-5)15(21)8-6-13-7-9-16(23-2)17(10-13)24-3/h6-11,14H,12H2,1-5H3/b8-6+. The van der Waals surface area contributed by atoms with E-state index in [1.54, 1.807) is 45.6 Å². The van der Waals surface area contributed by atoms with Crippen molar-refractivity contribution in [1.82, 2.24) is 0 Å². The van der Waals surface area contributed by atoms with Gasteiger partial charge >= 0.3 is 0 Å². The lowest BCUT2D eigenvalue weighted by Gasteiger charge is -2.23. The van der Waals surface area contributed by atoms with Crippen molar-refractivity contribution in [2.24, 2.45) is 0 Å². The van der Waals surface area contributed by atoms with Crippen LogP contribution in [0.3, 0.4) is 0 Å². The van der Waals surface area contributed by atoms with E-state index in [9.17, 15) is 4.79 Å². The monoisotopic (exact) mass is 360 g/mol. The van der Waals surface area contributed by atoms with Crippen molar-refractivity contribution >= 4 is 11.9 Å². The molecule has 2 rings (SSSR count). The van der Waals surface area contributed by atoms with Crippen LogP contribution >= 0.6 is 0 Å². The summed E-state index contributed by atoms with van der Waals surface area (Å²) in [6.45, 7) is 0. The number of carbonyl (C=O) groups is 1. The molecule has 1 atom stereocenters. The third-order valence-corrected chi connectivity index (χ3v) is 4.10. The molecule has 6 heteroatoms. The van der Waals surface area contributed by atoms with Gasteiger partial charge in [-0.25, -0.2) is 0 Å². The fourth-order valence-corrected chi connectivity index (χ4v) is 2.71. The molecule has 0 spiro atoms. The first kappa shape index (κ1) is 19.6. The average Bonchev–Trinajstić information content (AvgIpc) is 2.70. The Hall–Kier alpha value is -2.73. The molecule has 0 saturated carbocycles. The van der Waals surface area contributed by atoms with E-state index in [4.69, 9.17) is 23.7 Å². The van der Waals surface area contributed by atoms with Gasteiger partial charge in [0, 0.05) is 13.5 Å². The van der Waals surface area contributed by atoms with Crippen LogP contribution in [0.25, 0.3) is 6.08 Å². The zero-order valence-electron chi connectivity index (χ0n) is 15.7. The lowest BCUT2D eigenvalue weighted by atomic mass is 9.96. The summed E-state index contributed by atoms with van der Waals surface area (Å²) in [4.78, 5) is 12.7. The van der Waals surface area contributed by atoms with Crippen molar-refractivity contribution in [1.29, 1.82) is 0 Å². The fourth-order valence-electron chi connectivity index (χ4n) is 2.71. The minimum atomic E-state index is -0.209. The van der Waals surface area contributed by atoms with Gasteiger partial charge in [-0.15, -0.1) is 0 Å². The van der Waals surface area contributed by atoms with Gasteiger partial charge in [0.25, 0.3) is 0 Å². The highest BCUT2D eigenvalue weighted by Crippen LogP contribution is 2.30. The highest BCUT2D eigenvalue weighted by atomic mass is 16.5. The smallest absolute Gasteiger partial charge is 0.192 e. The summed E-state index contributed by atoms with van der Waals surface area (Å²) < 4.78 is 26.6. The Kier molecular flexibility index (Phi) is 6.86. The van der Waals surface area contributed by atoms with E-state index in [1.807, 2.05) is 6.07 Å². The molecule has 6 nitrogen and oxygen atoms in total. The number of hydrogen-bond acceptors (Lipinski definition) is 6. The molecule has 140 valence electrons. The van der Waals surface area contributed by atoms with Crippen molar-refractivity contribution in [3.8, 4) is 11.5 Å². The van der Waals surface area contributed by atoms with Crippen LogP contribution in [-0.2, 0) is 19.0 Å². The molecule has 0 amide bonds. The number of rotatable bonds is 8. The van der Waals surface area contributed by atoms with E-state index in [1.165, 1.54) is 20.3 Å². The number of carbonyl (C=O) groups excluding carboxylic acids is 1. The second-order valence-electron chi connectivity index (χ2n) is 5.53. The van der Waals surface area contributed by atoms with Gasteiger partial charge < -0.3 is 23.7 Å². The van der Waals surface area contributed by atoms with Crippen LogP contribution in [0.2, 0.25) is 0 Å². The Balaban J connectivity index is 2.29. The van der Waals surface area contributed by atoms with Crippen LogP contribution in [0.5, 0.6) is 11.5 Å². The zero-order valence-corrected chi connectivity index (χ0v) is 15.7. The minimum absolute atomic E-state index is 0.189. The first-order valence-corrected chi connectivity index (χ1v) is 8.08. The molecule has 1 aromatic carbocycles. The van der Waals surface area contributed by atoms with Gasteiger partial charge in [0.05, 0.1) is 34.5 Å². The van der Waals surface area contributed by atoms with E-state index in [2.05, 4.69) is 0 Å². The number of allylic oxidation sites excluding steroid dienone is 2. The Bertz CT molecular complexity index is 745. The van der Waals surface area contributed by atoms with Crippen LogP contribution in [0.1, 0.15) is 12.0 Å². The molecule has 1 aliphatic carbocycles. The van der Waals surface area contributed by atoms with Gasteiger partial charge in [-0.1, -0.05) is 12.1 Å². The van der Waals surface area contributed by atoms with Gasteiger partial charge in [0.1, 0.15) is 17.1 Å². The number of benzene rings is 1. The Morgan fingerprint density at radius 3 is 2.31 bits per heavy atom.